The van der Waals surface area contributed by atoms with Gasteiger partial charge in [0.05, 0.1) is 0 Å². The Hall–Kier alpha value is -1.14. The first kappa shape index (κ1) is 14.8. The molecule has 1 aromatic heterocycles. The predicted molar refractivity (Wildman–Crippen MR) is 82.6 cm³/mol. The third kappa shape index (κ3) is 2.79. The van der Waals surface area contributed by atoms with Crippen LogP contribution in [0, 0.1) is 11.8 Å². The number of pyridine rings is 1. The summed E-state index contributed by atoms with van der Waals surface area (Å²) in [7, 11) is -1.74. The molecule has 1 aliphatic carbocycles. The van der Waals surface area contributed by atoms with Crippen LogP contribution in [0.15, 0.2) is 23.2 Å². The molecule has 0 radical (unpaired) electrons. The summed E-state index contributed by atoms with van der Waals surface area (Å²) in [5.74, 6) is 1.70. The summed E-state index contributed by atoms with van der Waals surface area (Å²) in [4.78, 5) is 4.42. The number of fused-ring (bicyclic) bond motifs is 1. The Bertz CT molecular complexity index is 603. The van der Waals surface area contributed by atoms with Gasteiger partial charge >= 0.3 is 0 Å². The van der Waals surface area contributed by atoms with Crippen molar-refractivity contribution in [2.24, 2.45) is 11.8 Å². The standard InChI is InChI=1S/C15H23N3O2S/c1-16-15-14(7-4-9-17-15)21(19,20)18-10-8-12-5-2-3-6-13(12)11-18/h4,7,9,12-13H,2-3,5-6,8,10-11H2,1H3,(H,16,17). The lowest BCUT2D eigenvalue weighted by Gasteiger charge is -2.40. The largest absolute Gasteiger partial charge is 0.372 e. The van der Waals surface area contributed by atoms with Crippen LogP contribution >= 0.6 is 0 Å². The molecule has 21 heavy (non-hydrogen) atoms. The maximum Gasteiger partial charge on any atom is 0.246 e. The van der Waals surface area contributed by atoms with Crippen molar-refractivity contribution < 1.29 is 8.42 Å². The summed E-state index contributed by atoms with van der Waals surface area (Å²) in [6.07, 6.45) is 7.59. The van der Waals surface area contributed by atoms with Crippen LogP contribution in [0.3, 0.4) is 0 Å². The Morgan fingerprint density at radius 3 is 2.76 bits per heavy atom. The van der Waals surface area contributed by atoms with Crippen LogP contribution in [0.2, 0.25) is 0 Å². The van der Waals surface area contributed by atoms with E-state index < -0.39 is 10.0 Å². The average molecular weight is 309 g/mol. The Morgan fingerprint density at radius 2 is 2.00 bits per heavy atom. The van der Waals surface area contributed by atoms with Crippen molar-refractivity contribution in [3.8, 4) is 0 Å². The van der Waals surface area contributed by atoms with Gasteiger partial charge < -0.3 is 5.32 Å². The van der Waals surface area contributed by atoms with Gasteiger partial charge in [-0.05, 0) is 36.8 Å². The molecule has 2 heterocycles. The molecule has 0 spiro atoms. The van der Waals surface area contributed by atoms with Crippen LogP contribution in [0.4, 0.5) is 5.82 Å². The van der Waals surface area contributed by atoms with Crippen molar-refractivity contribution in [2.75, 3.05) is 25.5 Å². The van der Waals surface area contributed by atoms with E-state index in [9.17, 15) is 8.42 Å². The molecule has 1 N–H and O–H groups in total. The molecule has 2 unspecified atom stereocenters. The third-order valence-corrected chi connectivity index (χ3v) is 6.78. The molecule has 2 fully saturated rings. The van der Waals surface area contributed by atoms with Gasteiger partial charge in [0.2, 0.25) is 10.0 Å². The van der Waals surface area contributed by atoms with E-state index in [0.717, 1.165) is 12.3 Å². The zero-order valence-electron chi connectivity index (χ0n) is 12.5. The van der Waals surface area contributed by atoms with Crippen LogP contribution in [-0.2, 0) is 10.0 Å². The molecule has 6 heteroatoms. The van der Waals surface area contributed by atoms with Gasteiger partial charge in [-0.1, -0.05) is 19.3 Å². The quantitative estimate of drug-likeness (QED) is 0.931. The minimum absolute atomic E-state index is 0.293. The van der Waals surface area contributed by atoms with E-state index in [-0.39, 0.29) is 0 Å². The normalized spacial score (nSPS) is 27.1. The second-order valence-corrected chi connectivity index (χ2v) is 7.96. The number of rotatable bonds is 3. The highest BCUT2D eigenvalue weighted by Crippen LogP contribution is 2.38. The SMILES string of the molecule is CNc1ncccc1S(=O)(=O)N1CCC2CCCCC2C1. The maximum absolute atomic E-state index is 12.9. The van der Waals surface area contributed by atoms with Gasteiger partial charge in [0, 0.05) is 26.3 Å². The minimum atomic E-state index is -3.45. The number of nitrogens with zero attached hydrogens (tertiary/aromatic N) is 2. The smallest absolute Gasteiger partial charge is 0.246 e. The molecule has 1 aliphatic heterocycles. The molecule has 2 atom stereocenters. The summed E-state index contributed by atoms with van der Waals surface area (Å²) in [5.41, 5.74) is 0. The first-order chi connectivity index (χ1) is 10.1. The Labute approximate surface area is 126 Å². The highest BCUT2D eigenvalue weighted by molar-refractivity contribution is 7.89. The minimum Gasteiger partial charge on any atom is -0.372 e. The van der Waals surface area contributed by atoms with E-state index in [1.165, 1.54) is 25.7 Å². The first-order valence-corrected chi connectivity index (χ1v) is 9.20. The number of hydrogen-bond acceptors (Lipinski definition) is 4. The fourth-order valence-electron chi connectivity index (χ4n) is 3.71. The third-order valence-electron chi connectivity index (χ3n) is 4.88. The van der Waals surface area contributed by atoms with Crippen LogP contribution in [0.25, 0.3) is 0 Å². The zero-order chi connectivity index (χ0) is 14.9. The molecule has 5 nitrogen and oxygen atoms in total. The van der Waals surface area contributed by atoms with E-state index in [4.69, 9.17) is 0 Å². The van der Waals surface area contributed by atoms with Crippen molar-refractivity contribution in [2.45, 2.75) is 37.0 Å². The van der Waals surface area contributed by atoms with Gasteiger partial charge in [-0.3, -0.25) is 0 Å². The summed E-state index contributed by atoms with van der Waals surface area (Å²) >= 11 is 0. The Kier molecular flexibility index (Phi) is 4.17. The Balaban J connectivity index is 1.85. The van der Waals surface area contributed by atoms with E-state index in [2.05, 4.69) is 10.3 Å². The molecule has 0 bridgehead atoms. The highest BCUT2D eigenvalue weighted by atomic mass is 32.2. The molecule has 0 aromatic carbocycles. The van der Waals surface area contributed by atoms with Gasteiger partial charge in [0.1, 0.15) is 10.7 Å². The topological polar surface area (TPSA) is 62.3 Å². The van der Waals surface area contributed by atoms with Crippen molar-refractivity contribution >= 4 is 15.8 Å². The molecule has 1 aromatic rings. The van der Waals surface area contributed by atoms with Gasteiger partial charge in [0.25, 0.3) is 0 Å². The number of aromatic nitrogens is 1. The highest BCUT2D eigenvalue weighted by Gasteiger charge is 2.37. The fourth-order valence-corrected chi connectivity index (χ4v) is 5.37. The lowest BCUT2D eigenvalue weighted by Crippen LogP contribution is -2.44. The van der Waals surface area contributed by atoms with E-state index >= 15 is 0 Å². The van der Waals surface area contributed by atoms with E-state index in [0.29, 0.717) is 29.7 Å². The summed E-state index contributed by atoms with van der Waals surface area (Å²) < 4.78 is 27.4. The number of sulfonamides is 1. The van der Waals surface area contributed by atoms with Gasteiger partial charge in [-0.15, -0.1) is 0 Å². The van der Waals surface area contributed by atoms with E-state index in [1.807, 2.05) is 0 Å². The number of anilines is 1. The second kappa shape index (κ2) is 5.93. The lowest BCUT2D eigenvalue weighted by atomic mass is 9.76. The van der Waals surface area contributed by atoms with Gasteiger partial charge in [-0.25, -0.2) is 13.4 Å². The van der Waals surface area contributed by atoms with Gasteiger partial charge in [-0.2, -0.15) is 4.31 Å². The molecule has 1 saturated carbocycles. The first-order valence-electron chi connectivity index (χ1n) is 7.76. The lowest BCUT2D eigenvalue weighted by molar-refractivity contribution is 0.136. The number of nitrogens with one attached hydrogen (secondary N) is 1. The molecule has 2 aliphatic rings. The summed E-state index contributed by atoms with van der Waals surface area (Å²) in [6.45, 7) is 1.31. The number of piperidine rings is 1. The fraction of sp³-hybridized carbons (Fsp3) is 0.667. The van der Waals surface area contributed by atoms with Crippen molar-refractivity contribution in [3.63, 3.8) is 0 Å². The molecular weight excluding hydrogens is 286 g/mol. The monoisotopic (exact) mass is 309 g/mol. The molecule has 3 rings (SSSR count). The van der Waals surface area contributed by atoms with Crippen molar-refractivity contribution in [1.82, 2.24) is 9.29 Å². The molecular formula is C15H23N3O2S. The van der Waals surface area contributed by atoms with Gasteiger partial charge in [0.15, 0.2) is 0 Å². The van der Waals surface area contributed by atoms with Crippen molar-refractivity contribution in [1.29, 1.82) is 0 Å². The second-order valence-electron chi connectivity index (χ2n) is 6.06. The molecule has 116 valence electrons. The van der Waals surface area contributed by atoms with Crippen molar-refractivity contribution in [3.05, 3.63) is 18.3 Å². The number of hydrogen-bond donors (Lipinski definition) is 1. The Morgan fingerprint density at radius 1 is 1.24 bits per heavy atom. The zero-order valence-corrected chi connectivity index (χ0v) is 13.3. The van der Waals surface area contributed by atoms with Crippen LogP contribution in [-0.4, -0.2) is 37.8 Å². The average Bonchev–Trinajstić information content (AvgIpc) is 2.54. The van der Waals surface area contributed by atoms with Crippen LogP contribution in [0.1, 0.15) is 32.1 Å². The molecule has 1 saturated heterocycles. The van der Waals surface area contributed by atoms with E-state index in [1.54, 1.807) is 29.7 Å². The maximum atomic E-state index is 12.9. The summed E-state index contributed by atoms with van der Waals surface area (Å²) in [6, 6.07) is 3.32. The van der Waals surface area contributed by atoms with Crippen LogP contribution < -0.4 is 5.32 Å². The van der Waals surface area contributed by atoms with Crippen LogP contribution in [0.5, 0.6) is 0 Å². The molecule has 0 amide bonds. The predicted octanol–water partition coefficient (Wildman–Crippen LogP) is 2.32. The summed E-state index contributed by atoms with van der Waals surface area (Å²) in [5, 5.41) is 2.88.